The van der Waals surface area contributed by atoms with Crippen molar-refractivity contribution in [2.45, 2.75) is 6.18 Å². The van der Waals surface area contributed by atoms with E-state index in [0.717, 1.165) is 12.1 Å². The second-order valence-electron chi connectivity index (χ2n) is 3.90. The predicted octanol–water partition coefficient (Wildman–Crippen LogP) is 4.12. The Kier molecular flexibility index (Phi) is 4.08. The van der Waals surface area contributed by atoms with E-state index in [1.807, 2.05) is 0 Å². The van der Waals surface area contributed by atoms with Crippen LogP contribution in [0.4, 0.5) is 18.9 Å². The largest absolute Gasteiger partial charge is 0.416 e. The van der Waals surface area contributed by atoms with Crippen molar-refractivity contribution in [2.24, 2.45) is 0 Å². The Labute approximate surface area is 121 Å². The van der Waals surface area contributed by atoms with Crippen LogP contribution in [0.3, 0.4) is 0 Å². The molecule has 1 heterocycles. The van der Waals surface area contributed by atoms with Gasteiger partial charge < -0.3 is 5.32 Å². The van der Waals surface area contributed by atoms with Gasteiger partial charge in [0, 0.05) is 5.56 Å². The number of hydrogen-bond acceptors (Lipinski definition) is 2. The third-order valence-electron chi connectivity index (χ3n) is 2.44. The highest BCUT2D eigenvalue weighted by Gasteiger charge is 2.30. The molecule has 0 unspecified atom stereocenters. The third-order valence-corrected chi connectivity index (χ3v) is 2.91. The molecule has 0 atom stereocenters. The molecule has 0 spiro atoms. The van der Waals surface area contributed by atoms with Crippen LogP contribution in [0.2, 0.25) is 0 Å². The lowest BCUT2D eigenvalue weighted by Gasteiger charge is -2.09. The number of carbonyl (C=O) groups excluding carboxylic acids is 1. The first-order valence-corrected chi connectivity index (χ1v) is 6.26. The normalized spacial score (nSPS) is 11.2. The molecular weight excluding hydrogens is 337 g/mol. The van der Waals surface area contributed by atoms with Gasteiger partial charge in [-0.1, -0.05) is 6.07 Å². The number of nitrogens with zero attached hydrogens (tertiary/aromatic N) is 1. The monoisotopic (exact) mass is 344 g/mol. The minimum absolute atomic E-state index is 0.0669. The molecule has 0 aliphatic heterocycles. The molecule has 0 fully saturated rings. The quantitative estimate of drug-likeness (QED) is 0.833. The van der Waals surface area contributed by atoms with Gasteiger partial charge in [-0.25, -0.2) is 4.98 Å². The summed E-state index contributed by atoms with van der Waals surface area (Å²) in [6.45, 7) is 0. The number of alkyl halides is 3. The summed E-state index contributed by atoms with van der Waals surface area (Å²) in [5.41, 5.74) is -0.530. The van der Waals surface area contributed by atoms with Crippen molar-refractivity contribution in [1.29, 1.82) is 0 Å². The fourth-order valence-electron chi connectivity index (χ4n) is 1.49. The van der Waals surface area contributed by atoms with Crippen molar-refractivity contribution >= 4 is 27.5 Å². The maximum atomic E-state index is 12.6. The number of amides is 1. The minimum atomic E-state index is -4.48. The van der Waals surface area contributed by atoms with Gasteiger partial charge in [-0.15, -0.1) is 0 Å². The molecule has 2 rings (SSSR count). The van der Waals surface area contributed by atoms with Crippen LogP contribution in [-0.4, -0.2) is 10.9 Å². The molecule has 1 amide bonds. The topological polar surface area (TPSA) is 42.0 Å². The van der Waals surface area contributed by atoms with Gasteiger partial charge in [0.25, 0.3) is 5.91 Å². The Balaban J connectivity index is 2.19. The highest BCUT2D eigenvalue weighted by molar-refractivity contribution is 9.10. The Morgan fingerprint density at radius 3 is 2.55 bits per heavy atom. The zero-order valence-corrected chi connectivity index (χ0v) is 11.5. The van der Waals surface area contributed by atoms with Crippen LogP contribution in [-0.2, 0) is 6.18 Å². The Hall–Kier alpha value is -1.89. The first-order chi connectivity index (χ1) is 9.36. The van der Waals surface area contributed by atoms with E-state index >= 15 is 0 Å². The Morgan fingerprint density at radius 2 is 1.95 bits per heavy atom. The number of hydrogen-bond donors (Lipinski definition) is 1. The molecule has 7 heteroatoms. The molecule has 104 valence electrons. The molecule has 0 bridgehead atoms. The van der Waals surface area contributed by atoms with Gasteiger partial charge in [-0.2, -0.15) is 13.2 Å². The lowest BCUT2D eigenvalue weighted by atomic mass is 10.1. The molecule has 1 N–H and O–H groups in total. The van der Waals surface area contributed by atoms with Gasteiger partial charge in [-0.3, -0.25) is 4.79 Å². The van der Waals surface area contributed by atoms with E-state index in [9.17, 15) is 18.0 Å². The smallest absolute Gasteiger partial charge is 0.321 e. The van der Waals surface area contributed by atoms with E-state index in [1.54, 1.807) is 12.1 Å². The van der Waals surface area contributed by atoms with Crippen LogP contribution in [0.5, 0.6) is 0 Å². The van der Waals surface area contributed by atoms with Gasteiger partial charge in [0.15, 0.2) is 0 Å². The fourth-order valence-corrected chi connectivity index (χ4v) is 1.72. The van der Waals surface area contributed by atoms with Crippen LogP contribution in [0.15, 0.2) is 47.2 Å². The molecule has 0 radical (unpaired) electrons. The summed E-state index contributed by atoms with van der Waals surface area (Å²) in [7, 11) is 0. The summed E-state index contributed by atoms with van der Waals surface area (Å²) < 4.78 is 38.3. The van der Waals surface area contributed by atoms with Crippen LogP contribution in [0, 0.1) is 0 Å². The van der Waals surface area contributed by atoms with Crippen LogP contribution in [0.1, 0.15) is 15.9 Å². The van der Waals surface area contributed by atoms with Crippen LogP contribution < -0.4 is 5.32 Å². The Morgan fingerprint density at radius 1 is 1.20 bits per heavy atom. The maximum Gasteiger partial charge on any atom is 0.416 e. The number of halogens is 4. The summed E-state index contributed by atoms with van der Waals surface area (Å²) >= 11 is 3.14. The number of aromatic nitrogens is 1. The highest BCUT2D eigenvalue weighted by Crippen LogP contribution is 2.29. The third kappa shape index (κ3) is 3.57. The standard InChI is InChI=1S/C13H8BrF3N2O/c14-11-5-4-10(7-18-11)19-12(20)8-2-1-3-9(6-8)13(15,16)17/h1-7H,(H,19,20). The molecule has 0 saturated carbocycles. The van der Waals surface area contributed by atoms with E-state index < -0.39 is 17.6 Å². The van der Waals surface area contributed by atoms with E-state index in [4.69, 9.17) is 0 Å². The molecule has 1 aromatic heterocycles. The Bertz CT molecular complexity index is 626. The molecule has 3 nitrogen and oxygen atoms in total. The molecule has 0 saturated heterocycles. The summed E-state index contributed by atoms with van der Waals surface area (Å²) in [5.74, 6) is -0.625. The van der Waals surface area contributed by atoms with Crippen molar-refractivity contribution in [1.82, 2.24) is 4.98 Å². The van der Waals surface area contributed by atoms with E-state index in [1.165, 1.54) is 18.3 Å². The molecule has 0 aliphatic carbocycles. The summed E-state index contributed by atoms with van der Waals surface area (Å²) in [6, 6.07) is 7.43. The molecule has 2 aromatic rings. The predicted molar refractivity (Wildman–Crippen MR) is 71.3 cm³/mol. The molecule has 0 aliphatic rings. The second kappa shape index (κ2) is 5.62. The first kappa shape index (κ1) is 14.5. The zero-order chi connectivity index (χ0) is 14.8. The first-order valence-electron chi connectivity index (χ1n) is 5.46. The van der Waals surface area contributed by atoms with Gasteiger partial charge in [0.1, 0.15) is 4.60 Å². The highest BCUT2D eigenvalue weighted by atomic mass is 79.9. The fraction of sp³-hybridized carbons (Fsp3) is 0.0769. The minimum Gasteiger partial charge on any atom is -0.321 e. The van der Waals surface area contributed by atoms with Gasteiger partial charge in [-0.05, 0) is 46.3 Å². The van der Waals surface area contributed by atoms with Gasteiger partial charge in [0.2, 0.25) is 0 Å². The van der Waals surface area contributed by atoms with E-state index in [0.29, 0.717) is 10.3 Å². The lowest BCUT2D eigenvalue weighted by Crippen LogP contribution is -2.14. The van der Waals surface area contributed by atoms with E-state index in [-0.39, 0.29) is 5.56 Å². The number of carbonyl (C=O) groups is 1. The average Bonchev–Trinajstić information content (AvgIpc) is 2.40. The number of anilines is 1. The summed E-state index contributed by atoms with van der Waals surface area (Å²) in [4.78, 5) is 15.8. The van der Waals surface area contributed by atoms with Crippen molar-refractivity contribution in [3.05, 3.63) is 58.3 Å². The molecular formula is C13H8BrF3N2O. The SMILES string of the molecule is O=C(Nc1ccc(Br)nc1)c1cccc(C(F)(F)F)c1. The average molecular weight is 345 g/mol. The van der Waals surface area contributed by atoms with Gasteiger partial charge >= 0.3 is 6.18 Å². The van der Waals surface area contributed by atoms with Crippen molar-refractivity contribution < 1.29 is 18.0 Å². The van der Waals surface area contributed by atoms with Crippen molar-refractivity contribution in [3.63, 3.8) is 0 Å². The van der Waals surface area contributed by atoms with Gasteiger partial charge in [0.05, 0.1) is 17.4 Å². The van der Waals surface area contributed by atoms with Crippen molar-refractivity contribution in [3.8, 4) is 0 Å². The van der Waals surface area contributed by atoms with Crippen LogP contribution in [0.25, 0.3) is 0 Å². The summed E-state index contributed by atoms with van der Waals surface area (Å²) in [5, 5.41) is 2.47. The maximum absolute atomic E-state index is 12.6. The molecule has 20 heavy (non-hydrogen) atoms. The lowest BCUT2D eigenvalue weighted by molar-refractivity contribution is -0.137. The summed E-state index contributed by atoms with van der Waals surface area (Å²) in [6.07, 6.45) is -3.08. The number of pyridine rings is 1. The molecule has 1 aromatic carbocycles. The van der Waals surface area contributed by atoms with E-state index in [2.05, 4.69) is 26.2 Å². The second-order valence-corrected chi connectivity index (χ2v) is 4.71. The number of rotatable bonds is 2. The van der Waals surface area contributed by atoms with Crippen LogP contribution >= 0.6 is 15.9 Å². The zero-order valence-electron chi connectivity index (χ0n) is 9.91. The van der Waals surface area contributed by atoms with Crippen molar-refractivity contribution in [2.75, 3.05) is 5.32 Å². The number of nitrogens with one attached hydrogen (secondary N) is 1. The number of benzene rings is 1.